The number of fused-ring (bicyclic) bond motifs is 1. The first-order valence-corrected chi connectivity index (χ1v) is 7.47. The quantitative estimate of drug-likeness (QED) is 0.898. The Morgan fingerprint density at radius 1 is 1.25 bits per heavy atom. The average Bonchev–Trinajstić information content (AvgIpc) is 2.92. The van der Waals surface area contributed by atoms with Crippen molar-refractivity contribution in [1.29, 1.82) is 0 Å². The normalized spacial score (nSPS) is 18.3. The summed E-state index contributed by atoms with van der Waals surface area (Å²) in [5.74, 6) is 1.62. The van der Waals surface area contributed by atoms with Crippen LogP contribution < -0.4 is 10.5 Å². The van der Waals surface area contributed by atoms with Crippen molar-refractivity contribution in [2.45, 2.75) is 44.4 Å². The van der Waals surface area contributed by atoms with Crippen LogP contribution in [-0.2, 0) is 5.41 Å². The number of nitrogens with zero attached hydrogens (tertiary/aromatic N) is 2. The van der Waals surface area contributed by atoms with Gasteiger partial charge < -0.3 is 15.5 Å². The topological polar surface area (TPSA) is 76.8 Å². The van der Waals surface area contributed by atoms with E-state index in [1.54, 1.807) is 0 Å². The zero-order chi connectivity index (χ0) is 14.0. The van der Waals surface area contributed by atoms with E-state index in [0.29, 0.717) is 19.0 Å². The Morgan fingerprint density at radius 3 is 2.75 bits per heavy atom. The molecule has 0 spiro atoms. The van der Waals surface area contributed by atoms with Crippen molar-refractivity contribution in [1.82, 2.24) is 15.0 Å². The summed E-state index contributed by atoms with van der Waals surface area (Å²) in [5.41, 5.74) is 7.76. The summed E-state index contributed by atoms with van der Waals surface area (Å²) in [6, 6.07) is 3.86. The lowest BCUT2D eigenvalue weighted by molar-refractivity contribution is 0.288. The van der Waals surface area contributed by atoms with E-state index in [2.05, 4.69) is 9.97 Å². The monoisotopic (exact) mass is 274 g/mol. The van der Waals surface area contributed by atoms with Crippen LogP contribution in [0.5, 0.6) is 5.88 Å². The van der Waals surface area contributed by atoms with Crippen LogP contribution in [0.3, 0.4) is 0 Å². The Balaban J connectivity index is 1.98. The van der Waals surface area contributed by atoms with Crippen LogP contribution in [0, 0.1) is 0 Å². The predicted molar refractivity (Wildman–Crippen MR) is 78.9 cm³/mol. The second-order valence-electron chi connectivity index (χ2n) is 5.58. The van der Waals surface area contributed by atoms with Crippen LogP contribution in [0.2, 0.25) is 0 Å². The van der Waals surface area contributed by atoms with Crippen LogP contribution in [0.15, 0.2) is 12.1 Å². The van der Waals surface area contributed by atoms with Gasteiger partial charge in [0, 0.05) is 18.0 Å². The number of nitrogens with two attached hydrogens (primary N) is 1. The van der Waals surface area contributed by atoms with Gasteiger partial charge in [0.25, 0.3) is 0 Å². The molecule has 1 fully saturated rings. The third-order valence-corrected chi connectivity index (χ3v) is 4.32. The van der Waals surface area contributed by atoms with Gasteiger partial charge in [-0.2, -0.15) is 4.98 Å². The Labute approximate surface area is 118 Å². The Kier molecular flexibility index (Phi) is 3.61. The number of H-pyrrole nitrogens is 1. The Bertz CT molecular complexity index is 587. The highest BCUT2D eigenvalue weighted by Crippen LogP contribution is 2.37. The van der Waals surface area contributed by atoms with Crippen molar-refractivity contribution in [2.24, 2.45) is 5.73 Å². The summed E-state index contributed by atoms with van der Waals surface area (Å²) in [7, 11) is 0. The van der Waals surface area contributed by atoms with Crippen LogP contribution in [-0.4, -0.2) is 28.1 Å². The molecule has 0 bridgehead atoms. The first kappa shape index (κ1) is 13.4. The molecule has 0 aromatic carbocycles. The number of aromatic amines is 1. The van der Waals surface area contributed by atoms with Gasteiger partial charge >= 0.3 is 0 Å². The lowest BCUT2D eigenvalue weighted by Gasteiger charge is -2.34. The molecule has 5 heteroatoms. The summed E-state index contributed by atoms with van der Waals surface area (Å²) >= 11 is 0. The summed E-state index contributed by atoms with van der Waals surface area (Å²) < 4.78 is 5.43. The van der Waals surface area contributed by atoms with Crippen molar-refractivity contribution in [2.75, 3.05) is 13.2 Å². The molecule has 1 aliphatic rings. The van der Waals surface area contributed by atoms with Crippen LogP contribution in [0.1, 0.15) is 44.9 Å². The van der Waals surface area contributed by atoms with E-state index in [4.69, 9.17) is 15.5 Å². The van der Waals surface area contributed by atoms with Crippen molar-refractivity contribution in [3.05, 3.63) is 18.0 Å². The molecule has 0 unspecified atom stereocenters. The number of ether oxygens (including phenoxy) is 1. The predicted octanol–water partition coefficient (Wildman–Crippen LogP) is 2.52. The number of hydrogen-bond donors (Lipinski definition) is 2. The maximum Gasteiger partial charge on any atom is 0.215 e. The van der Waals surface area contributed by atoms with Gasteiger partial charge in [-0.1, -0.05) is 19.3 Å². The molecule has 0 atom stereocenters. The summed E-state index contributed by atoms with van der Waals surface area (Å²) in [6.07, 6.45) is 5.98. The van der Waals surface area contributed by atoms with E-state index in [9.17, 15) is 0 Å². The number of rotatable bonds is 4. The molecular weight excluding hydrogens is 252 g/mol. The molecule has 3 N–H and O–H groups in total. The molecule has 2 heterocycles. The molecule has 0 amide bonds. The second kappa shape index (κ2) is 5.40. The maximum absolute atomic E-state index is 6.06. The number of hydrogen-bond acceptors (Lipinski definition) is 4. The lowest BCUT2D eigenvalue weighted by atomic mass is 9.73. The van der Waals surface area contributed by atoms with E-state index in [-0.39, 0.29) is 5.41 Å². The Morgan fingerprint density at radius 2 is 2.05 bits per heavy atom. The minimum Gasteiger partial charge on any atom is -0.478 e. The highest BCUT2D eigenvalue weighted by atomic mass is 16.5. The first-order chi connectivity index (χ1) is 9.77. The van der Waals surface area contributed by atoms with Crippen molar-refractivity contribution >= 4 is 11.2 Å². The fraction of sp³-hybridized carbons (Fsp3) is 0.600. The zero-order valence-corrected chi connectivity index (χ0v) is 12.0. The Hall–Kier alpha value is -1.62. The van der Waals surface area contributed by atoms with E-state index < -0.39 is 0 Å². The molecular formula is C15H22N4O. The van der Waals surface area contributed by atoms with E-state index in [1.807, 2.05) is 19.1 Å². The minimum absolute atomic E-state index is 0.00469. The maximum atomic E-state index is 6.06. The molecule has 3 rings (SSSR count). The van der Waals surface area contributed by atoms with Crippen molar-refractivity contribution in [3.8, 4) is 5.88 Å². The van der Waals surface area contributed by atoms with Gasteiger partial charge in [0.2, 0.25) is 5.88 Å². The average molecular weight is 274 g/mol. The smallest absolute Gasteiger partial charge is 0.215 e. The van der Waals surface area contributed by atoms with Crippen LogP contribution in [0.4, 0.5) is 0 Å². The summed E-state index contributed by atoms with van der Waals surface area (Å²) in [5, 5.41) is 0. The van der Waals surface area contributed by atoms with E-state index in [0.717, 1.165) is 29.8 Å². The van der Waals surface area contributed by atoms with Crippen LogP contribution in [0.25, 0.3) is 11.2 Å². The molecule has 5 nitrogen and oxygen atoms in total. The lowest BCUT2D eigenvalue weighted by Crippen LogP contribution is -2.38. The van der Waals surface area contributed by atoms with Gasteiger partial charge in [0.05, 0.1) is 12.1 Å². The van der Waals surface area contributed by atoms with Gasteiger partial charge in [-0.25, -0.2) is 4.98 Å². The van der Waals surface area contributed by atoms with Gasteiger partial charge in [-0.05, 0) is 25.8 Å². The molecule has 1 saturated carbocycles. The highest BCUT2D eigenvalue weighted by molar-refractivity contribution is 5.71. The summed E-state index contributed by atoms with van der Waals surface area (Å²) in [4.78, 5) is 12.6. The van der Waals surface area contributed by atoms with Gasteiger partial charge in [0.15, 0.2) is 5.65 Å². The van der Waals surface area contributed by atoms with Gasteiger partial charge in [-0.3, -0.25) is 0 Å². The number of imidazole rings is 1. The highest BCUT2D eigenvalue weighted by Gasteiger charge is 2.35. The fourth-order valence-electron chi connectivity index (χ4n) is 3.12. The third kappa shape index (κ3) is 2.26. The first-order valence-electron chi connectivity index (χ1n) is 7.47. The molecule has 1 aliphatic carbocycles. The van der Waals surface area contributed by atoms with Gasteiger partial charge in [-0.15, -0.1) is 0 Å². The SMILES string of the molecule is CCOc1ccc2[nH]c(C3(CN)CCCCC3)nc2n1. The number of aromatic nitrogens is 3. The minimum atomic E-state index is 0.00469. The third-order valence-electron chi connectivity index (χ3n) is 4.32. The molecule has 0 radical (unpaired) electrons. The second-order valence-corrected chi connectivity index (χ2v) is 5.58. The summed E-state index contributed by atoms with van der Waals surface area (Å²) in [6.45, 7) is 3.21. The molecule has 0 aliphatic heterocycles. The standard InChI is InChI=1S/C15H22N4O/c1-2-20-12-7-6-11-13(18-12)19-14(17-11)15(10-16)8-4-3-5-9-15/h6-7H,2-5,8-10,16H2,1H3,(H,17,18,19). The molecule has 20 heavy (non-hydrogen) atoms. The van der Waals surface area contributed by atoms with Crippen molar-refractivity contribution < 1.29 is 4.74 Å². The molecule has 0 saturated heterocycles. The molecule has 2 aromatic rings. The van der Waals surface area contributed by atoms with Gasteiger partial charge in [0.1, 0.15) is 5.82 Å². The van der Waals surface area contributed by atoms with Crippen LogP contribution >= 0.6 is 0 Å². The number of nitrogens with one attached hydrogen (secondary N) is 1. The zero-order valence-electron chi connectivity index (χ0n) is 12.0. The van der Waals surface area contributed by atoms with Crippen molar-refractivity contribution in [3.63, 3.8) is 0 Å². The largest absolute Gasteiger partial charge is 0.478 e. The number of pyridine rings is 1. The fourth-order valence-corrected chi connectivity index (χ4v) is 3.12. The van der Waals surface area contributed by atoms with E-state index in [1.165, 1.54) is 19.3 Å². The van der Waals surface area contributed by atoms with E-state index >= 15 is 0 Å². The molecule has 2 aromatic heterocycles. The molecule has 108 valence electrons.